The smallest absolute Gasteiger partial charge is 0.406 e. The molecule has 8 heteroatoms. The van der Waals surface area contributed by atoms with E-state index in [-0.39, 0.29) is 11.3 Å². The van der Waals surface area contributed by atoms with Crippen molar-refractivity contribution in [2.45, 2.75) is 13.3 Å². The van der Waals surface area contributed by atoms with Crippen molar-refractivity contribution in [1.82, 2.24) is 4.98 Å². The molecule has 4 nitrogen and oxygen atoms in total. The van der Waals surface area contributed by atoms with Crippen LogP contribution < -0.4 is 10.1 Å². The molecule has 0 fully saturated rings. The highest BCUT2D eigenvalue weighted by Gasteiger charge is 2.31. The second kappa shape index (κ2) is 6.12. The quantitative estimate of drug-likeness (QED) is 0.740. The van der Waals surface area contributed by atoms with Gasteiger partial charge in [0.1, 0.15) is 5.75 Å². The molecule has 1 amide bonds. The number of anilines is 1. The van der Waals surface area contributed by atoms with Gasteiger partial charge in [0, 0.05) is 11.3 Å². The standard InChI is InChI=1S/C16H11F3N2O2S/c1-9-20-13-8-11(4-7-14(13)24-9)21-15(22)10-2-5-12(6-3-10)23-16(17,18)19/h2-8H,1H3,(H,21,22). The maximum Gasteiger partial charge on any atom is 0.573 e. The molecule has 0 aliphatic heterocycles. The number of halogens is 3. The number of alkyl halides is 3. The summed E-state index contributed by atoms with van der Waals surface area (Å²) in [5.74, 6) is -0.807. The van der Waals surface area contributed by atoms with E-state index in [0.717, 1.165) is 27.4 Å². The minimum absolute atomic E-state index is 0.221. The topological polar surface area (TPSA) is 51.2 Å². The fourth-order valence-corrected chi connectivity index (χ4v) is 2.94. The number of aryl methyl sites for hydroxylation is 1. The molecule has 0 saturated carbocycles. The second-order valence-corrected chi connectivity index (χ2v) is 6.18. The molecule has 24 heavy (non-hydrogen) atoms. The van der Waals surface area contributed by atoms with Gasteiger partial charge in [0.25, 0.3) is 5.91 Å². The number of benzene rings is 2. The Morgan fingerprint density at radius 1 is 1.17 bits per heavy atom. The van der Waals surface area contributed by atoms with Gasteiger partial charge in [-0.1, -0.05) is 0 Å². The van der Waals surface area contributed by atoms with Gasteiger partial charge in [-0.05, 0) is 49.4 Å². The third-order valence-corrected chi connectivity index (χ3v) is 4.05. The SMILES string of the molecule is Cc1nc2cc(NC(=O)c3ccc(OC(F)(F)F)cc3)ccc2s1. The Labute approximate surface area is 138 Å². The summed E-state index contributed by atoms with van der Waals surface area (Å²) in [5, 5.41) is 3.61. The molecule has 3 rings (SSSR count). The van der Waals surface area contributed by atoms with Gasteiger partial charge in [0.05, 0.1) is 15.2 Å². The Morgan fingerprint density at radius 2 is 1.88 bits per heavy atom. The molecular formula is C16H11F3N2O2S. The van der Waals surface area contributed by atoms with Crippen LogP contribution >= 0.6 is 11.3 Å². The van der Waals surface area contributed by atoms with Crippen LogP contribution in [0.4, 0.5) is 18.9 Å². The average Bonchev–Trinajstić information content (AvgIpc) is 2.85. The van der Waals surface area contributed by atoms with E-state index in [1.165, 1.54) is 12.1 Å². The van der Waals surface area contributed by atoms with Crippen LogP contribution in [0.2, 0.25) is 0 Å². The lowest BCUT2D eigenvalue weighted by Gasteiger charge is -2.09. The molecule has 2 aromatic carbocycles. The van der Waals surface area contributed by atoms with Crippen LogP contribution in [0.3, 0.4) is 0 Å². The van der Waals surface area contributed by atoms with E-state index in [4.69, 9.17) is 0 Å². The Morgan fingerprint density at radius 3 is 2.54 bits per heavy atom. The summed E-state index contributed by atoms with van der Waals surface area (Å²) in [6.45, 7) is 1.90. The minimum atomic E-state index is -4.76. The van der Waals surface area contributed by atoms with Gasteiger partial charge in [-0.3, -0.25) is 4.79 Å². The number of carbonyl (C=O) groups is 1. The third kappa shape index (κ3) is 3.83. The second-order valence-electron chi connectivity index (χ2n) is 4.94. The van der Waals surface area contributed by atoms with Crippen molar-refractivity contribution in [3.63, 3.8) is 0 Å². The van der Waals surface area contributed by atoms with Gasteiger partial charge in [0.15, 0.2) is 0 Å². The minimum Gasteiger partial charge on any atom is -0.406 e. The van der Waals surface area contributed by atoms with Gasteiger partial charge in [-0.15, -0.1) is 24.5 Å². The summed E-state index contributed by atoms with van der Waals surface area (Å²) < 4.78 is 41.1. The molecule has 3 aromatic rings. The van der Waals surface area contributed by atoms with E-state index in [1.807, 2.05) is 13.0 Å². The zero-order valence-corrected chi connectivity index (χ0v) is 13.2. The number of ether oxygens (including phenoxy) is 1. The molecule has 0 bridgehead atoms. The van der Waals surface area contributed by atoms with Crippen molar-refractivity contribution in [3.8, 4) is 5.75 Å². The lowest BCUT2D eigenvalue weighted by atomic mass is 10.2. The van der Waals surface area contributed by atoms with Gasteiger partial charge < -0.3 is 10.1 Å². The van der Waals surface area contributed by atoms with Crippen LogP contribution in [-0.4, -0.2) is 17.3 Å². The number of nitrogens with zero attached hydrogens (tertiary/aromatic N) is 1. The van der Waals surface area contributed by atoms with E-state index in [9.17, 15) is 18.0 Å². The first-order valence-corrected chi connectivity index (χ1v) is 7.66. The Hall–Kier alpha value is -2.61. The lowest BCUT2D eigenvalue weighted by Crippen LogP contribution is -2.17. The summed E-state index contributed by atoms with van der Waals surface area (Å²) in [7, 11) is 0. The van der Waals surface area contributed by atoms with E-state index in [1.54, 1.807) is 23.5 Å². The van der Waals surface area contributed by atoms with Crippen LogP contribution in [0.5, 0.6) is 5.75 Å². The maximum absolute atomic E-state index is 12.2. The number of fused-ring (bicyclic) bond motifs is 1. The zero-order chi connectivity index (χ0) is 17.3. The van der Waals surface area contributed by atoms with Gasteiger partial charge in [-0.25, -0.2) is 4.98 Å². The Balaban J connectivity index is 1.73. The van der Waals surface area contributed by atoms with Crippen molar-refractivity contribution >= 4 is 33.1 Å². The van der Waals surface area contributed by atoms with Gasteiger partial charge in [-0.2, -0.15) is 0 Å². The lowest BCUT2D eigenvalue weighted by molar-refractivity contribution is -0.274. The van der Waals surface area contributed by atoms with Crippen molar-refractivity contribution in [1.29, 1.82) is 0 Å². The predicted octanol–water partition coefficient (Wildman–Crippen LogP) is 4.76. The van der Waals surface area contributed by atoms with Crippen LogP contribution in [0.15, 0.2) is 42.5 Å². The number of hydrogen-bond acceptors (Lipinski definition) is 4. The molecule has 0 aliphatic rings. The van der Waals surface area contributed by atoms with Crippen LogP contribution in [-0.2, 0) is 0 Å². The van der Waals surface area contributed by atoms with E-state index >= 15 is 0 Å². The summed E-state index contributed by atoms with van der Waals surface area (Å²) in [5.41, 5.74) is 1.57. The van der Waals surface area contributed by atoms with E-state index in [2.05, 4.69) is 15.0 Å². The number of nitrogens with one attached hydrogen (secondary N) is 1. The molecule has 0 spiro atoms. The normalized spacial score (nSPS) is 11.5. The van der Waals surface area contributed by atoms with Crippen molar-refractivity contribution in [3.05, 3.63) is 53.0 Å². The largest absolute Gasteiger partial charge is 0.573 e. The monoisotopic (exact) mass is 352 g/mol. The highest BCUT2D eigenvalue weighted by molar-refractivity contribution is 7.18. The molecule has 1 aromatic heterocycles. The highest BCUT2D eigenvalue weighted by Crippen LogP contribution is 2.25. The summed E-state index contributed by atoms with van der Waals surface area (Å²) in [6.07, 6.45) is -4.76. The summed E-state index contributed by atoms with van der Waals surface area (Å²) in [6, 6.07) is 10.1. The van der Waals surface area contributed by atoms with Crippen LogP contribution in [0.25, 0.3) is 10.2 Å². The first kappa shape index (κ1) is 16.3. The van der Waals surface area contributed by atoms with Gasteiger partial charge in [0.2, 0.25) is 0 Å². The fourth-order valence-electron chi connectivity index (χ4n) is 2.13. The number of amides is 1. The van der Waals surface area contributed by atoms with Crippen LogP contribution in [0.1, 0.15) is 15.4 Å². The molecule has 0 atom stereocenters. The zero-order valence-electron chi connectivity index (χ0n) is 12.3. The number of carbonyl (C=O) groups excluding carboxylic acids is 1. The van der Waals surface area contributed by atoms with Crippen molar-refractivity contribution in [2.24, 2.45) is 0 Å². The summed E-state index contributed by atoms with van der Waals surface area (Å²) in [4.78, 5) is 16.5. The first-order chi connectivity index (χ1) is 11.3. The van der Waals surface area contributed by atoms with E-state index < -0.39 is 12.3 Å². The van der Waals surface area contributed by atoms with Crippen LogP contribution in [0, 0.1) is 6.92 Å². The Bertz CT molecular complexity index is 888. The van der Waals surface area contributed by atoms with E-state index in [0.29, 0.717) is 5.69 Å². The highest BCUT2D eigenvalue weighted by atomic mass is 32.1. The molecule has 0 unspecified atom stereocenters. The number of aromatic nitrogens is 1. The number of rotatable bonds is 3. The predicted molar refractivity (Wildman–Crippen MR) is 85.4 cm³/mol. The van der Waals surface area contributed by atoms with Gasteiger partial charge >= 0.3 is 6.36 Å². The molecule has 1 heterocycles. The molecule has 1 N–H and O–H groups in total. The fraction of sp³-hybridized carbons (Fsp3) is 0.125. The Kier molecular flexibility index (Phi) is 4.15. The molecule has 0 aliphatic carbocycles. The first-order valence-electron chi connectivity index (χ1n) is 6.84. The summed E-state index contributed by atoms with van der Waals surface area (Å²) >= 11 is 1.55. The van der Waals surface area contributed by atoms with Crippen molar-refractivity contribution in [2.75, 3.05) is 5.32 Å². The third-order valence-electron chi connectivity index (χ3n) is 3.10. The average molecular weight is 352 g/mol. The van der Waals surface area contributed by atoms with Crippen molar-refractivity contribution < 1.29 is 22.7 Å². The molecule has 0 radical (unpaired) electrons. The number of thiazole rings is 1. The maximum atomic E-state index is 12.2. The molecular weight excluding hydrogens is 341 g/mol. The molecule has 0 saturated heterocycles. The number of hydrogen-bond donors (Lipinski definition) is 1. The molecule has 124 valence electrons.